The van der Waals surface area contributed by atoms with Crippen molar-refractivity contribution in [1.82, 2.24) is 4.57 Å². The van der Waals surface area contributed by atoms with Gasteiger partial charge in [0.05, 0.1) is 28.1 Å². The van der Waals surface area contributed by atoms with Crippen LogP contribution in [0.3, 0.4) is 0 Å². The van der Waals surface area contributed by atoms with Gasteiger partial charge in [0.15, 0.2) is 0 Å². The summed E-state index contributed by atoms with van der Waals surface area (Å²) in [6, 6.07) is 83.2. The summed E-state index contributed by atoms with van der Waals surface area (Å²) in [4.78, 5) is 2.48. The summed E-state index contributed by atoms with van der Waals surface area (Å²) in [7, 11) is 0. The second-order valence-electron chi connectivity index (χ2n) is 14.1. The molecule has 0 aliphatic rings. The molecule has 0 bridgehead atoms. The summed E-state index contributed by atoms with van der Waals surface area (Å²) in [5.74, 6) is 0. The summed E-state index contributed by atoms with van der Waals surface area (Å²) < 4.78 is 2.44. The molecule has 1 aromatic heterocycles. The quantitative estimate of drug-likeness (QED) is 0.152. The van der Waals surface area contributed by atoms with Crippen molar-refractivity contribution in [1.29, 1.82) is 0 Å². The van der Waals surface area contributed by atoms with Crippen molar-refractivity contribution >= 4 is 38.9 Å². The largest absolute Gasteiger partial charge is 0.308 e. The van der Waals surface area contributed by atoms with Gasteiger partial charge in [-0.15, -0.1) is 0 Å². The fraction of sp³-hybridized carbons (Fsp3) is 0. The van der Waals surface area contributed by atoms with Gasteiger partial charge in [-0.2, -0.15) is 0 Å². The smallest absolute Gasteiger partial charge is 0.0702 e. The van der Waals surface area contributed by atoms with Gasteiger partial charge in [-0.3, -0.25) is 0 Å². The Hall–Kier alpha value is -7.42. The van der Waals surface area contributed by atoms with Crippen LogP contribution in [0, 0.1) is 0 Å². The molecule has 56 heavy (non-hydrogen) atoms. The lowest BCUT2D eigenvalue weighted by atomic mass is 9.87. The Kier molecular flexibility index (Phi) is 8.55. The summed E-state index contributed by atoms with van der Waals surface area (Å²) in [6.45, 7) is 0. The van der Waals surface area contributed by atoms with Crippen molar-refractivity contribution in [3.8, 4) is 50.2 Å². The zero-order valence-corrected chi connectivity index (χ0v) is 30.8. The van der Waals surface area contributed by atoms with Crippen molar-refractivity contribution in [2.24, 2.45) is 0 Å². The van der Waals surface area contributed by atoms with Crippen molar-refractivity contribution in [2.45, 2.75) is 0 Å². The van der Waals surface area contributed by atoms with Gasteiger partial charge in [0.25, 0.3) is 0 Å². The van der Waals surface area contributed by atoms with Crippen molar-refractivity contribution < 1.29 is 0 Å². The predicted octanol–water partition coefficient (Wildman–Crippen LogP) is 14.9. The Labute approximate surface area is 327 Å². The van der Waals surface area contributed by atoms with Crippen molar-refractivity contribution in [3.63, 3.8) is 0 Å². The molecule has 0 unspecified atom stereocenters. The maximum absolute atomic E-state index is 2.48. The van der Waals surface area contributed by atoms with Crippen LogP contribution in [0.5, 0.6) is 0 Å². The van der Waals surface area contributed by atoms with E-state index in [9.17, 15) is 0 Å². The van der Waals surface area contributed by atoms with Gasteiger partial charge in [-0.05, 0) is 81.4 Å². The molecule has 10 rings (SSSR count). The third-order valence-electron chi connectivity index (χ3n) is 10.8. The molecule has 1 heterocycles. The van der Waals surface area contributed by atoms with Gasteiger partial charge in [0.2, 0.25) is 0 Å². The zero-order chi connectivity index (χ0) is 37.3. The average molecular weight is 715 g/mol. The standard InChI is InChI=1S/C54H38N2/c1-4-20-39(21-5-1)42-26-18-27-43(38-42)55(51-35-16-17-36-52(51)56-49-33-14-12-29-46(49)47-30-13-15-34-50(47)56)53-37-19-32-45(41-24-8-3-9-25-41)54(53)48-31-11-10-28-44(48)40-22-6-2-7-23-40/h1-38H. The molecular formula is C54H38N2. The second kappa shape index (κ2) is 14.4. The van der Waals surface area contributed by atoms with Gasteiger partial charge in [0.1, 0.15) is 0 Å². The van der Waals surface area contributed by atoms with E-state index in [1.165, 1.54) is 60.8 Å². The van der Waals surface area contributed by atoms with E-state index >= 15 is 0 Å². The first-order chi connectivity index (χ1) is 27.8. The molecule has 0 fully saturated rings. The van der Waals surface area contributed by atoms with Gasteiger partial charge < -0.3 is 9.47 Å². The average Bonchev–Trinajstić information content (AvgIpc) is 3.62. The molecule has 0 aliphatic heterocycles. The number of fused-ring (bicyclic) bond motifs is 3. The van der Waals surface area contributed by atoms with Crippen LogP contribution in [-0.2, 0) is 0 Å². The number of hydrogen-bond donors (Lipinski definition) is 0. The maximum atomic E-state index is 2.48. The summed E-state index contributed by atoms with van der Waals surface area (Å²) in [5, 5.41) is 2.47. The fourth-order valence-corrected chi connectivity index (χ4v) is 8.33. The molecule has 0 amide bonds. The van der Waals surface area contributed by atoms with E-state index < -0.39 is 0 Å². The van der Waals surface area contributed by atoms with E-state index in [-0.39, 0.29) is 0 Å². The van der Waals surface area contributed by atoms with Gasteiger partial charge in [-0.1, -0.05) is 188 Å². The molecule has 0 saturated carbocycles. The molecule has 264 valence electrons. The minimum atomic E-state index is 1.07. The molecule has 2 nitrogen and oxygen atoms in total. The molecule has 0 radical (unpaired) electrons. The summed E-state index contributed by atoms with van der Waals surface area (Å²) in [5.41, 5.74) is 16.1. The van der Waals surface area contributed by atoms with Crippen molar-refractivity contribution in [2.75, 3.05) is 4.90 Å². The molecule has 0 spiro atoms. The van der Waals surface area contributed by atoms with Crippen molar-refractivity contribution in [3.05, 3.63) is 231 Å². The van der Waals surface area contributed by atoms with Crippen LogP contribution in [0.2, 0.25) is 0 Å². The second-order valence-corrected chi connectivity index (χ2v) is 14.1. The first kappa shape index (κ1) is 33.2. The predicted molar refractivity (Wildman–Crippen MR) is 237 cm³/mol. The lowest BCUT2D eigenvalue weighted by Gasteiger charge is -2.32. The zero-order valence-electron chi connectivity index (χ0n) is 30.8. The Morgan fingerprint density at radius 1 is 0.304 bits per heavy atom. The fourth-order valence-electron chi connectivity index (χ4n) is 8.33. The molecule has 2 heteroatoms. The monoisotopic (exact) mass is 714 g/mol. The molecule has 0 atom stereocenters. The topological polar surface area (TPSA) is 8.17 Å². The lowest BCUT2D eigenvalue weighted by Crippen LogP contribution is -2.15. The number of aromatic nitrogens is 1. The SMILES string of the molecule is c1ccc(-c2cccc(N(c3ccccc3-n3c4ccccc4c4ccccc43)c3cccc(-c4ccccc4)c3-c3ccccc3-c3ccccc3)c2)cc1. The highest BCUT2D eigenvalue weighted by molar-refractivity contribution is 6.10. The number of hydrogen-bond acceptors (Lipinski definition) is 1. The van der Waals surface area contributed by atoms with E-state index in [1.807, 2.05) is 0 Å². The molecule has 9 aromatic carbocycles. The van der Waals surface area contributed by atoms with Crippen LogP contribution in [-0.4, -0.2) is 4.57 Å². The number of anilines is 3. The highest BCUT2D eigenvalue weighted by Crippen LogP contribution is 2.50. The van der Waals surface area contributed by atoms with Gasteiger partial charge in [-0.25, -0.2) is 0 Å². The van der Waals surface area contributed by atoms with Crippen LogP contribution in [0.4, 0.5) is 17.1 Å². The van der Waals surface area contributed by atoms with E-state index in [1.54, 1.807) is 0 Å². The van der Waals surface area contributed by atoms with Gasteiger partial charge >= 0.3 is 0 Å². The summed E-state index contributed by atoms with van der Waals surface area (Å²) >= 11 is 0. The summed E-state index contributed by atoms with van der Waals surface area (Å²) in [6.07, 6.45) is 0. The van der Waals surface area contributed by atoms with E-state index in [4.69, 9.17) is 0 Å². The Bertz CT molecular complexity index is 2910. The minimum absolute atomic E-state index is 1.07. The van der Waals surface area contributed by atoms with Crippen LogP contribution in [0.25, 0.3) is 72.0 Å². The first-order valence-electron chi connectivity index (χ1n) is 19.2. The third kappa shape index (κ3) is 5.85. The Morgan fingerprint density at radius 2 is 0.768 bits per heavy atom. The maximum Gasteiger partial charge on any atom is 0.0702 e. The normalized spacial score (nSPS) is 11.2. The number of benzene rings is 9. The van der Waals surface area contributed by atoms with E-state index in [0.717, 1.165) is 28.3 Å². The minimum Gasteiger partial charge on any atom is -0.308 e. The molecule has 0 saturated heterocycles. The molecule has 0 N–H and O–H groups in total. The third-order valence-corrected chi connectivity index (χ3v) is 10.8. The Balaban J connectivity index is 1.32. The van der Waals surface area contributed by atoms with E-state index in [0.29, 0.717) is 0 Å². The number of rotatable bonds is 8. The number of nitrogens with zero attached hydrogens (tertiary/aromatic N) is 2. The molecule has 10 aromatic rings. The van der Waals surface area contributed by atoms with Crippen LogP contribution < -0.4 is 4.90 Å². The highest BCUT2D eigenvalue weighted by Gasteiger charge is 2.26. The number of para-hydroxylation sites is 4. The van der Waals surface area contributed by atoms with Crippen LogP contribution >= 0.6 is 0 Å². The van der Waals surface area contributed by atoms with E-state index in [2.05, 4.69) is 240 Å². The van der Waals surface area contributed by atoms with Gasteiger partial charge in [0, 0.05) is 22.0 Å². The van der Waals surface area contributed by atoms with Crippen LogP contribution in [0.15, 0.2) is 231 Å². The first-order valence-corrected chi connectivity index (χ1v) is 19.2. The highest BCUT2D eigenvalue weighted by atomic mass is 15.2. The lowest BCUT2D eigenvalue weighted by molar-refractivity contribution is 1.15. The molecular weight excluding hydrogens is 677 g/mol. The van der Waals surface area contributed by atoms with Crippen LogP contribution in [0.1, 0.15) is 0 Å². The Morgan fingerprint density at radius 3 is 1.45 bits per heavy atom. The molecule has 0 aliphatic carbocycles.